The van der Waals surface area contributed by atoms with E-state index >= 15 is 0 Å². The van der Waals surface area contributed by atoms with Crippen LogP contribution in [0.25, 0.3) is 0 Å². The molecule has 0 spiro atoms. The van der Waals surface area contributed by atoms with Crippen LogP contribution in [0.4, 0.5) is 0 Å². The number of rotatable bonds is 1. The summed E-state index contributed by atoms with van der Waals surface area (Å²) < 4.78 is 5.51. The van der Waals surface area contributed by atoms with Gasteiger partial charge in [-0.2, -0.15) is 5.26 Å². The Bertz CT molecular complexity index is 566. The molecule has 0 bridgehead atoms. The molecule has 2 fully saturated rings. The summed E-state index contributed by atoms with van der Waals surface area (Å²) in [5, 5.41) is 9.25. The topological polar surface area (TPSA) is 53.3 Å². The van der Waals surface area contributed by atoms with E-state index in [-0.39, 0.29) is 17.9 Å². The van der Waals surface area contributed by atoms with Gasteiger partial charge in [0.2, 0.25) is 0 Å². The number of ether oxygens (including phenoxy) is 1. The van der Waals surface area contributed by atoms with Crippen LogP contribution in [0, 0.1) is 23.2 Å². The summed E-state index contributed by atoms with van der Waals surface area (Å²) in [6.07, 6.45) is 0.779. The lowest BCUT2D eigenvalue weighted by Gasteiger charge is -2.44. The molecule has 2 aliphatic heterocycles. The van der Waals surface area contributed by atoms with Crippen LogP contribution in [0.2, 0.25) is 0 Å². The molecule has 4 nitrogen and oxygen atoms in total. The van der Waals surface area contributed by atoms with E-state index in [0.29, 0.717) is 6.54 Å². The number of carbonyl (C=O) groups excluding carboxylic acids is 1. The zero-order valence-corrected chi connectivity index (χ0v) is 11.7. The van der Waals surface area contributed by atoms with Crippen LogP contribution in [0.5, 0.6) is 0 Å². The second-order valence-corrected chi connectivity index (χ2v) is 6.02. The standard InChI is InChI=1S/C16H18N2O2/c1-16-10-18(2)14(11-6-4-3-5-7-11)8-13(16)12(9-17)15(19)20-16/h3-7,12-14H,8,10H2,1-2H3. The Kier molecular flexibility index (Phi) is 3.02. The maximum atomic E-state index is 11.9. The number of carbonyl (C=O) groups is 1. The molecular formula is C16H18N2O2. The predicted octanol–water partition coefficient (Wildman–Crippen LogP) is 2.13. The monoisotopic (exact) mass is 270 g/mol. The van der Waals surface area contributed by atoms with Gasteiger partial charge in [-0.05, 0) is 26.0 Å². The van der Waals surface area contributed by atoms with Crippen LogP contribution in [-0.2, 0) is 9.53 Å². The highest BCUT2D eigenvalue weighted by Crippen LogP contribution is 2.47. The largest absolute Gasteiger partial charge is 0.457 e. The summed E-state index contributed by atoms with van der Waals surface area (Å²) >= 11 is 0. The van der Waals surface area contributed by atoms with Gasteiger partial charge in [-0.1, -0.05) is 30.3 Å². The first kappa shape index (κ1) is 13.1. The van der Waals surface area contributed by atoms with Crippen LogP contribution in [0.1, 0.15) is 24.9 Å². The number of esters is 1. The fraction of sp³-hybridized carbons (Fsp3) is 0.500. The molecule has 104 valence electrons. The first-order valence-electron chi connectivity index (χ1n) is 6.93. The van der Waals surface area contributed by atoms with Crippen molar-refractivity contribution >= 4 is 5.97 Å². The smallest absolute Gasteiger partial charge is 0.324 e. The molecule has 1 aromatic rings. The number of benzene rings is 1. The molecule has 0 saturated carbocycles. The van der Waals surface area contributed by atoms with Crippen molar-refractivity contribution in [2.75, 3.05) is 13.6 Å². The van der Waals surface area contributed by atoms with Crippen molar-refractivity contribution in [1.82, 2.24) is 4.90 Å². The van der Waals surface area contributed by atoms with Gasteiger partial charge >= 0.3 is 5.97 Å². The van der Waals surface area contributed by atoms with Crippen molar-refractivity contribution in [3.63, 3.8) is 0 Å². The highest BCUT2D eigenvalue weighted by Gasteiger charge is 2.57. The summed E-state index contributed by atoms with van der Waals surface area (Å²) in [5.41, 5.74) is 0.699. The van der Waals surface area contributed by atoms with Gasteiger partial charge in [0.05, 0.1) is 6.07 Å². The van der Waals surface area contributed by atoms with E-state index in [9.17, 15) is 10.1 Å². The summed E-state index contributed by atoms with van der Waals surface area (Å²) in [6.45, 7) is 2.62. The van der Waals surface area contributed by atoms with Crippen LogP contribution in [0.15, 0.2) is 30.3 Å². The molecule has 0 aliphatic carbocycles. The fourth-order valence-corrected chi connectivity index (χ4v) is 3.66. The summed E-state index contributed by atoms with van der Waals surface area (Å²) in [4.78, 5) is 14.1. The molecule has 0 radical (unpaired) electrons. The fourth-order valence-electron chi connectivity index (χ4n) is 3.66. The predicted molar refractivity (Wildman–Crippen MR) is 73.5 cm³/mol. The van der Waals surface area contributed by atoms with Crippen LogP contribution >= 0.6 is 0 Å². The zero-order valence-electron chi connectivity index (χ0n) is 11.7. The molecule has 1 aromatic carbocycles. The lowest BCUT2D eigenvalue weighted by atomic mass is 9.73. The van der Waals surface area contributed by atoms with E-state index in [1.807, 2.05) is 32.2 Å². The third-order valence-corrected chi connectivity index (χ3v) is 4.67. The third-order valence-electron chi connectivity index (χ3n) is 4.67. The molecule has 2 saturated heterocycles. The first-order chi connectivity index (χ1) is 9.55. The Morgan fingerprint density at radius 1 is 1.40 bits per heavy atom. The second kappa shape index (κ2) is 4.60. The molecule has 0 N–H and O–H groups in total. The van der Waals surface area contributed by atoms with E-state index in [1.54, 1.807) is 0 Å². The number of nitriles is 1. The number of likely N-dealkylation sites (tertiary alicyclic amines) is 1. The van der Waals surface area contributed by atoms with Crippen molar-refractivity contribution in [3.05, 3.63) is 35.9 Å². The van der Waals surface area contributed by atoms with Gasteiger partial charge in [0.25, 0.3) is 0 Å². The van der Waals surface area contributed by atoms with Gasteiger partial charge < -0.3 is 4.74 Å². The molecule has 0 amide bonds. The van der Waals surface area contributed by atoms with Crippen LogP contribution in [0.3, 0.4) is 0 Å². The summed E-state index contributed by atoms with van der Waals surface area (Å²) in [7, 11) is 2.05. The van der Waals surface area contributed by atoms with E-state index in [4.69, 9.17) is 4.74 Å². The minimum atomic E-state index is -0.625. The number of hydrogen-bond acceptors (Lipinski definition) is 4. The lowest BCUT2D eigenvalue weighted by molar-refractivity contribution is -0.152. The second-order valence-electron chi connectivity index (χ2n) is 6.02. The van der Waals surface area contributed by atoms with E-state index in [0.717, 1.165) is 6.42 Å². The Labute approximate surface area is 118 Å². The summed E-state index contributed by atoms with van der Waals surface area (Å²) in [5.74, 6) is -1.01. The Morgan fingerprint density at radius 3 is 2.75 bits per heavy atom. The highest BCUT2D eigenvalue weighted by molar-refractivity contribution is 5.78. The molecular weight excluding hydrogens is 252 g/mol. The number of piperidine rings is 1. The van der Waals surface area contributed by atoms with Gasteiger partial charge in [-0.15, -0.1) is 0 Å². The van der Waals surface area contributed by atoms with E-state index in [2.05, 4.69) is 23.1 Å². The summed E-state index contributed by atoms with van der Waals surface area (Å²) in [6, 6.07) is 12.6. The minimum Gasteiger partial charge on any atom is -0.457 e. The van der Waals surface area contributed by atoms with Gasteiger partial charge in [-0.3, -0.25) is 9.69 Å². The van der Waals surface area contributed by atoms with E-state index < -0.39 is 11.5 Å². The molecule has 2 heterocycles. The maximum absolute atomic E-state index is 11.9. The van der Waals surface area contributed by atoms with E-state index in [1.165, 1.54) is 5.56 Å². The van der Waals surface area contributed by atoms with Gasteiger partial charge in [0.1, 0.15) is 5.60 Å². The molecule has 2 aliphatic rings. The van der Waals surface area contributed by atoms with Crippen molar-refractivity contribution in [1.29, 1.82) is 5.26 Å². The average Bonchev–Trinajstić information content (AvgIpc) is 2.67. The Morgan fingerprint density at radius 2 is 2.10 bits per heavy atom. The minimum absolute atomic E-state index is 0.0265. The average molecular weight is 270 g/mol. The maximum Gasteiger partial charge on any atom is 0.324 e. The zero-order chi connectivity index (χ0) is 14.3. The molecule has 4 unspecified atom stereocenters. The van der Waals surface area contributed by atoms with Crippen molar-refractivity contribution < 1.29 is 9.53 Å². The number of hydrogen-bond donors (Lipinski definition) is 0. The van der Waals surface area contributed by atoms with Crippen LogP contribution in [-0.4, -0.2) is 30.1 Å². The normalized spacial score (nSPS) is 37.0. The molecule has 0 aromatic heterocycles. The quantitative estimate of drug-likeness (QED) is 0.734. The Hall–Kier alpha value is -1.86. The van der Waals surface area contributed by atoms with Crippen molar-refractivity contribution in [2.24, 2.45) is 11.8 Å². The Balaban J connectivity index is 1.92. The van der Waals surface area contributed by atoms with Gasteiger partial charge in [0.15, 0.2) is 5.92 Å². The molecule has 4 heteroatoms. The number of nitrogens with zero attached hydrogens (tertiary/aromatic N) is 2. The molecule has 3 rings (SSSR count). The van der Waals surface area contributed by atoms with Crippen molar-refractivity contribution in [2.45, 2.75) is 25.0 Å². The molecule has 4 atom stereocenters. The lowest BCUT2D eigenvalue weighted by Crippen LogP contribution is -2.51. The number of fused-ring (bicyclic) bond motifs is 1. The van der Waals surface area contributed by atoms with Crippen molar-refractivity contribution in [3.8, 4) is 6.07 Å². The third kappa shape index (κ3) is 1.90. The van der Waals surface area contributed by atoms with Crippen LogP contribution < -0.4 is 0 Å². The number of likely N-dealkylation sites (N-methyl/N-ethyl adjacent to an activating group) is 1. The highest BCUT2D eigenvalue weighted by atomic mass is 16.6. The first-order valence-corrected chi connectivity index (χ1v) is 6.93. The van der Waals surface area contributed by atoms with Gasteiger partial charge in [-0.25, -0.2) is 0 Å². The molecule has 20 heavy (non-hydrogen) atoms. The SMILES string of the molecule is CN1CC2(C)OC(=O)C(C#N)C2CC1c1ccccc1. The van der Waals surface area contributed by atoms with Gasteiger partial charge in [0, 0.05) is 18.5 Å².